The third-order valence-corrected chi connectivity index (χ3v) is 2.60. The lowest BCUT2D eigenvalue weighted by atomic mass is 10.1. The summed E-state index contributed by atoms with van der Waals surface area (Å²) in [5, 5.41) is 0.659. The van der Waals surface area contributed by atoms with Gasteiger partial charge in [0.2, 0.25) is 0 Å². The summed E-state index contributed by atoms with van der Waals surface area (Å²) in [6.07, 6.45) is 2.67. The van der Waals surface area contributed by atoms with E-state index in [0.717, 1.165) is 24.2 Å². The van der Waals surface area contributed by atoms with Crippen molar-refractivity contribution in [1.82, 2.24) is 0 Å². The van der Waals surface area contributed by atoms with Crippen LogP contribution >= 0.6 is 11.6 Å². The third kappa shape index (κ3) is 2.20. The van der Waals surface area contributed by atoms with E-state index >= 15 is 0 Å². The minimum atomic E-state index is 0.0162. The number of benzene rings is 1. The Hall–Kier alpha value is -0.730. The van der Waals surface area contributed by atoms with E-state index in [4.69, 9.17) is 22.1 Å². The Morgan fingerprint density at radius 2 is 2.21 bits per heavy atom. The van der Waals surface area contributed by atoms with Gasteiger partial charge in [0.15, 0.2) is 0 Å². The molecule has 0 aromatic heterocycles. The molecule has 3 heteroatoms. The lowest BCUT2D eigenvalue weighted by Gasteiger charge is -2.10. The van der Waals surface area contributed by atoms with Gasteiger partial charge in [-0.3, -0.25) is 0 Å². The summed E-state index contributed by atoms with van der Waals surface area (Å²) in [5.74, 6) is 0.776. The Morgan fingerprint density at radius 1 is 1.50 bits per heavy atom. The van der Waals surface area contributed by atoms with Crippen LogP contribution in [0.2, 0.25) is 5.02 Å². The molecule has 0 radical (unpaired) electrons. The second kappa shape index (κ2) is 3.79. The highest BCUT2D eigenvalue weighted by Crippen LogP contribution is 2.33. The van der Waals surface area contributed by atoms with Gasteiger partial charge in [0, 0.05) is 6.04 Å². The van der Waals surface area contributed by atoms with Gasteiger partial charge in [-0.25, -0.2) is 0 Å². The van der Waals surface area contributed by atoms with Gasteiger partial charge in [0.25, 0.3) is 0 Å². The first-order valence-corrected chi connectivity index (χ1v) is 5.26. The minimum absolute atomic E-state index is 0.0162. The molecular weight excluding hydrogens is 198 g/mol. The van der Waals surface area contributed by atoms with E-state index in [1.807, 2.05) is 25.1 Å². The van der Waals surface area contributed by atoms with Crippen LogP contribution in [0.25, 0.3) is 0 Å². The summed E-state index contributed by atoms with van der Waals surface area (Å²) in [5.41, 5.74) is 6.79. The monoisotopic (exact) mass is 211 g/mol. The molecule has 0 saturated heterocycles. The summed E-state index contributed by atoms with van der Waals surface area (Å²) in [6, 6.07) is 5.76. The molecule has 1 aliphatic carbocycles. The van der Waals surface area contributed by atoms with E-state index in [9.17, 15) is 0 Å². The molecule has 0 spiro atoms. The molecule has 1 aliphatic rings. The number of hydrogen-bond acceptors (Lipinski definition) is 2. The molecule has 2 nitrogen and oxygen atoms in total. The van der Waals surface area contributed by atoms with Crippen LogP contribution in [0.5, 0.6) is 5.75 Å². The van der Waals surface area contributed by atoms with Crippen LogP contribution in [0.4, 0.5) is 0 Å². The van der Waals surface area contributed by atoms with Crippen molar-refractivity contribution < 1.29 is 4.74 Å². The lowest BCUT2D eigenvalue weighted by molar-refractivity contribution is 0.303. The number of hydrogen-bond donors (Lipinski definition) is 1. The molecule has 2 N–H and O–H groups in total. The van der Waals surface area contributed by atoms with Gasteiger partial charge in [0.05, 0.1) is 11.1 Å². The fraction of sp³-hybridized carbons (Fsp3) is 0.455. The number of rotatable bonds is 3. The van der Waals surface area contributed by atoms with Gasteiger partial charge in [-0.2, -0.15) is 0 Å². The first-order chi connectivity index (χ1) is 6.66. The zero-order valence-corrected chi connectivity index (χ0v) is 8.92. The summed E-state index contributed by atoms with van der Waals surface area (Å²) < 4.78 is 5.62. The van der Waals surface area contributed by atoms with Gasteiger partial charge in [-0.05, 0) is 37.5 Å². The van der Waals surface area contributed by atoms with Crippen LogP contribution in [0, 0.1) is 0 Å². The Kier molecular flexibility index (Phi) is 2.66. The molecular formula is C11H14ClNO. The van der Waals surface area contributed by atoms with Crippen molar-refractivity contribution in [3.8, 4) is 5.75 Å². The van der Waals surface area contributed by atoms with Crippen LogP contribution in [0.3, 0.4) is 0 Å². The van der Waals surface area contributed by atoms with Crippen molar-refractivity contribution in [3.63, 3.8) is 0 Å². The predicted molar refractivity (Wildman–Crippen MR) is 57.7 cm³/mol. The Morgan fingerprint density at radius 3 is 2.71 bits per heavy atom. The molecule has 0 amide bonds. The van der Waals surface area contributed by atoms with E-state index in [0.29, 0.717) is 11.1 Å². The van der Waals surface area contributed by atoms with E-state index in [1.54, 1.807) is 0 Å². The summed E-state index contributed by atoms with van der Waals surface area (Å²) in [7, 11) is 0. The molecule has 0 heterocycles. The average molecular weight is 212 g/mol. The second-order valence-electron chi connectivity index (χ2n) is 3.80. The molecule has 2 rings (SSSR count). The summed E-state index contributed by atoms with van der Waals surface area (Å²) in [6.45, 7) is 1.94. The van der Waals surface area contributed by atoms with Gasteiger partial charge in [0.1, 0.15) is 5.75 Å². The molecule has 1 atom stereocenters. The maximum atomic E-state index is 6.06. The largest absolute Gasteiger partial charge is 0.489 e. The predicted octanol–water partition coefficient (Wildman–Crippen LogP) is 2.90. The standard InChI is InChI=1S/C11H14ClNO/c1-7(13)8-2-5-11(10(12)6-8)14-9-3-4-9/h2,5-7,9H,3-4,13H2,1H3/t7-/m0/s1. The maximum absolute atomic E-state index is 6.06. The Balaban J connectivity index is 2.17. The third-order valence-electron chi connectivity index (χ3n) is 2.30. The quantitative estimate of drug-likeness (QED) is 0.835. The summed E-state index contributed by atoms with van der Waals surface area (Å²) in [4.78, 5) is 0. The van der Waals surface area contributed by atoms with Gasteiger partial charge in [-0.1, -0.05) is 17.7 Å². The second-order valence-corrected chi connectivity index (χ2v) is 4.20. The molecule has 1 aromatic carbocycles. The zero-order valence-electron chi connectivity index (χ0n) is 8.16. The van der Waals surface area contributed by atoms with Crippen molar-refractivity contribution in [2.75, 3.05) is 0 Å². The van der Waals surface area contributed by atoms with Crippen LogP contribution < -0.4 is 10.5 Å². The molecule has 1 saturated carbocycles. The average Bonchev–Trinajstić information content (AvgIpc) is 2.92. The van der Waals surface area contributed by atoms with Crippen LogP contribution in [0.1, 0.15) is 31.4 Å². The zero-order chi connectivity index (χ0) is 10.1. The Labute approximate surface area is 89.0 Å². The van der Waals surface area contributed by atoms with Crippen molar-refractivity contribution in [3.05, 3.63) is 28.8 Å². The molecule has 0 bridgehead atoms. The number of ether oxygens (including phenoxy) is 1. The molecule has 0 aliphatic heterocycles. The number of nitrogens with two attached hydrogens (primary N) is 1. The highest BCUT2D eigenvalue weighted by Gasteiger charge is 2.24. The highest BCUT2D eigenvalue weighted by molar-refractivity contribution is 6.32. The maximum Gasteiger partial charge on any atom is 0.138 e. The first kappa shape index (κ1) is 9.81. The van der Waals surface area contributed by atoms with Gasteiger partial charge >= 0.3 is 0 Å². The van der Waals surface area contributed by atoms with Gasteiger partial charge in [-0.15, -0.1) is 0 Å². The van der Waals surface area contributed by atoms with E-state index in [-0.39, 0.29) is 6.04 Å². The molecule has 76 valence electrons. The van der Waals surface area contributed by atoms with E-state index < -0.39 is 0 Å². The fourth-order valence-corrected chi connectivity index (χ4v) is 1.49. The van der Waals surface area contributed by atoms with Crippen LogP contribution in [-0.4, -0.2) is 6.10 Å². The van der Waals surface area contributed by atoms with Crippen molar-refractivity contribution >= 4 is 11.6 Å². The fourth-order valence-electron chi connectivity index (χ4n) is 1.26. The topological polar surface area (TPSA) is 35.2 Å². The van der Waals surface area contributed by atoms with Gasteiger partial charge < -0.3 is 10.5 Å². The van der Waals surface area contributed by atoms with Crippen molar-refractivity contribution in [1.29, 1.82) is 0 Å². The molecule has 1 fully saturated rings. The summed E-state index contributed by atoms with van der Waals surface area (Å²) >= 11 is 6.06. The van der Waals surface area contributed by atoms with Crippen LogP contribution in [-0.2, 0) is 0 Å². The van der Waals surface area contributed by atoms with Crippen molar-refractivity contribution in [2.24, 2.45) is 5.73 Å². The molecule has 0 unspecified atom stereocenters. The molecule has 1 aromatic rings. The van der Waals surface area contributed by atoms with Crippen molar-refractivity contribution in [2.45, 2.75) is 31.9 Å². The van der Waals surface area contributed by atoms with E-state index in [1.165, 1.54) is 0 Å². The lowest BCUT2D eigenvalue weighted by Crippen LogP contribution is -2.05. The SMILES string of the molecule is C[C@H](N)c1ccc(OC2CC2)c(Cl)c1. The Bertz CT molecular complexity index is 334. The van der Waals surface area contributed by atoms with Crippen LogP contribution in [0.15, 0.2) is 18.2 Å². The number of halogens is 1. The normalized spacial score (nSPS) is 17.9. The minimum Gasteiger partial charge on any atom is -0.489 e. The molecule has 14 heavy (non-hydrogen) atoms. The highest BCUT2D eigenvalue weighted by atomic mass is 35.5. The van der Waals surface area contributed by atoms with E-state index in [2.05, 4.69) is 0 Å². The first-order valence-electron chi connectivity index (χ1n) is 4.88. The smallest absolute Gasteiger partial charge is 0.138 e.